The molecule has 1 saturated heterocycles. The molecule has 14 nitrogen and oxygen atoms in total. The third-order valence-corrected chi connectivity index (χ3v) is 4.96. The minimum absolute atomic E-state index is 0.0649. The van der Waals surface area contributed by atoms with E-state index in [1.165, 1.54) is 0 Å². The Morgan fingerprint density at radius 1 is 0.923 bits per heavy atom. The van der Waals surface area contributed by atoms with Gasteiger partial charge in [-0.3, -0.25) is 14.4 Å². The van der Waals surface area contributed by atoms with E-state index in [9.17, 15) is 23.6 Å². The number of nitrogens with zero attached hydrogens (tertiary/aromatic N) is 2. The van der Waals surface area contributed by atoms with E-state index in [4.69, 9.17) is 33.5 Å². The molecule has 1 aliphatic rings. The van der Waals surface area contributed by atoms with Gasteiger partial charge < -0.3 is 33.3 Å². The maximum absolute atomic E-state index is 14.4. The van der Waals surface area contributed by atoms with Crippen molar-refractivity contribution in [2.75, 3.05) is 7.11 Å². The molecule has 0 unspecified atom stereocenters. The molecule has 1 aromatic heterocycles. The summed E-state index contributed by atoms with van der Waals surface area (Å²) in [6.45, 7) is 3.14. The Morgan fingerprint density at radius 3 is 2.15 bits per heavy atom. The van der Waals surface area contributed by atoms with E-state index in [0.717, 1.165) is 39.6 Å². The van der Waals surface area contributed by atoms with Crippen molar-refractivity contribution in [3.63, 3.8) is 0 Å². The molecule has 0 bridgehead atoms. The summed E-state index contributed by atoms with van der Waals surface area (Å²) in [5, 5.41) is 0. The van der Waals surface area contributed by atoms with Gasteiger partial charge in [-0.15, -0.1) is 0 Å². The van der Waals surface area contributed by atoms with Crippen molar-refractivity contribution in [3.05, 3.63) is 47.9 Å². The molecular weight excluding hydrogens is 527 g/mol. The molecule has 0 saturated carbocycles. The Kier molecular flexibility index (Phi) is 10.1. The number of hydrogen-bond acceptors (Lipinski definition) is 14. The zero-order valence-corrected chi connectivity index (χ0v) is 21.2. The van der Waals surface area contributed by atoms with Gasteiger partial charge in [0.25, 0.3) is 5.88 Å². The van der Waals surface area contributed by atoms with Crippen LogP contribution in [-0.2, 0) is 54.4 Å². The molecule has 1 fully saturated rings. The van der Waals surface area contributed by atoms with Crippen molar-refractivity contribution in [2.45, 2.75) is 58.1 Å². The van der Waals surface area contributed by atoms with E-state index in [0.29, 0.717) is 0 Å². The normalized spacial score (nSPS) is 22.2. The lowest BCUT2D eigenvalue weighted by atomic mass is 9.98. The number of esters is 4. The Bertz CT molecular complexity index is 1180. The number of methoxy groups -OCH3 is 1. The molecule has 3 rings (SSSR count). The summed E-state index contributed by atoms with van der Waals surface area (Å²) in [6.07, 6.45) is -7.71. The zero-order valence-electron chi connectivity index (χ0n) is 21.2. The maximum Gasteiger partial charge on any atom is 0.339 e. The van der Waals surface area contributed by atoms with E-state index in [2.05, 4.69) is 14.7 Å². The van der Waals surface area contributed by atoms with Gasteiger partial charge in [0, 0.05) is 20.8 Å². The molecule has 15 heteroatoms. The standard InChI is InChI=1S/C24H25FN2O12/c1-12(28)34-17-18(35-13(2)29)20(36-14(3)30)23(37-19(17)22(31)32-4)39-38-21-16(25)10-26-24(27-21)33-11-15-8-6-5-7-9-15/h5-10,17-20,23H,11H2,1-4H3/t17-,18-,19-,20+,23-/m0/s1. The predicted molar refractivity (Wildman–Crippen MR) is 122 cm³/mol. The van der Waals surface area contributed by atoms with Crippen molar-refractivity contribution < 1.29 is 61.8 Å². The van der Waals surface area contributed by atoms with Crippen LogP contribution in [0, 0.1) is 5.82 Å². The highest BCUT2D eigenvalue weighted by atomic mass is 19.1. The second-order valence-electron chi connectivity index (χ2n) is 7.93. The van der Waals surface area contributed by atoms with Crippen molar-refractivity contribution in [1.82, 2.24) is 9.97 Å². The molecule has 5 atom stereocenters. The lowest BCUT2D eigenvalue weighted by Crippen LogP contribution is -2.64. The highest BCUT2D eigenvalue weighted by molar-refractivity contribution is 5.77. The summed E-state index contributed by atoms with van der Waals surface area (Å²) in [5.41, 5.74) is 0.789. The minimum Gasteiger partial charge on any atom is -0.467 e. The fraction of sp³-hybridized carbons (Fsp3) is 0.417. The smallest absolute Gasteiger partial charge is 0.339 e. The first-order chi connectivity index (χ1) is 18.6. The van der Waals surface area contributed by atoms with Gasteiger partial charge in [-0.2, -0.15) is 14.3 Å². The van der Waals surface area contributed by atoms with Crippen LogP contribution in [0.15, 0.2) is 36.5 Å². The number of carbonyl (C=O) groups excluding carboxylic acids is 4. The van der Waals surface area contributed by atoms with Crippen LogP contribution in [0.1, 0.15) is 26.3 Å². The first-order valence-corrected chi connectivity index (χ1v) is 11.4. The first kappa shape index (κ1) is 29.2. The van der Waals surface area contributed by atoms with Crippen LogP contribution in [0.2, 0.25) is 0 Å². The van der Waals surface area contributed by atoms with Crippen LogP contribution in [0.4, 0.5) is 4.39 Å². The number of halogens is 1. The van der Waals surface area contributed by atoms with Crippen LogP contribution in [0.5, 0.6) is 11.9 Å². The molecule has 1 aromatic carbocycles. The molecule has 0 radical (unpaired) electrons. The summed E-state index contributed by atoms with van der Waals surface area (Å²) in [4.78, 5) is 65.5. The molecule has 0 amide bonds. The van der Waals surface area contributed by atoms with Crippen molar-refractivity contribution in [2.24, 2.45) is 0 Å². The highest BCUT2D eigenvalue weighted by Gasteiger charge is 2.56. The Morgan fingerprint density at radius 2 is 1.54 bits per heavy atom. The lowest BCUT2D eigenvalue weighted by Gasteiger charge is -2.42. The van der Waals surface area contributed by atoms with Crippen molar-refractivity contribution >= 4 is 23.9 Å². The van der Waals surface area contributed by atoms with Crippen LogP contribution in [0.3, 0.4) is 0 Å². The molecule has 0 spiro atoms. The minimum atomic E-state index is -1.84. The lowest BCUT2D eigenvalue weighted by molar-refractivity contribution is -0.384. The monoisotopic (exact) mass is 552 g/mol. The third kappa shape index (κ3) is 8.05. The number of ether oxygens (including phenoxy) is 6. The fourth-order valence-electron chi connectivity index (χ4n) is 3.44. The van der Waals surface area contributed by atoms with Gasteiger partial charge in [0.05, 0.1) is 13.3 Å². The number of rotatable bonds is 10. The van der Waals surface area contributed by atoms with Crippen LogP contribution in [0.25, 0.3) is 0 Å². The number of hydrogen-bond donors (Lipinski definition) is 0. The van der Waals surface area contributed by atoms with Crippen LogP contribution >= 0.6 is 0 Å². The summed E-state index contributed by atoms with van der Waals surface area (Å²) >= 11 is 0. The molecule has 210 valence electrons. The molecular formula is C24H25FN2O12. The summed E-state index contributed by atoms with van der Waals surface area (Å²) < 4.78 is 45.5. The van der Waals surface area contributed by atoms with E-state index in [1.54, 1.807) is 24.3 Å². The van der Waals surface area contributed by atoms with Gasteiger partial charge in [-0.1, -0.05) is 30.3 Å². The summed E-state index contributed by atoms with van der Waals surface area (Å²) in [7, 11) is 1.02. The average Bonchev–Trinajstić information content (AvgIpc) is 2.89. The summed E-state index contributed by atoms with van der Waals surface area (Å²) in [6, 6.07) is 8.74. The Labute approximate surface area is 221 Å². The SMILES string of the molecule is COC(=O)[C@H]1O[C@@H](OOc2nc(OCc3ccccc3)ncc2F)[C@H](OC(C)=O)[C@@H](OC(C)=O)[C@@H]1OC(C)=O. The zero-order chi connectivity index (χ0) is 28.5. The topological polar surface area (TPSA) is 168 Å². The van der Waals surface area contributed by atoms with E-state index in [-0.39, 0.29) is 12.6 Å². The predicted octanol–water partition coefficient (Wildman–Crippen LogP) is 1.20. The van der Waals surface area contributed by atoms with Gasteiger partial charge in [0.2, 0.25) is 12.1 Å². The van der Waals surface area contributed by atoms with Gasteiger partial charge in [0.15, 0.2) is 24.4 Å². The second-order valence-corrected chi connectivity index (χ2v) is 7.93. The highest BCUT2D eigenvalue weighted by Crippen LogP contribution is 2.31. The molecule has 2 aromatic rings. The number of carbonyl (C=O) groups is 4. The van der Waals surface area contributed by atoms with E-state index >= 15 is 0 Å². The van der Waals surface area contributed by atoms with Gasteiger partial charge >= 0.3 is 29.9 Å². The van der Waals surface area contributed by atoms with Gasteiger partial charge in [-0.25, -0.2) is 9.78 Å². The molecule has 0 aliphatic carbocycles. The number of aromatic nitrogens is 2. The second kappa shape index (κ2) is 13.4. The van der Waals surface area contributed by atoms with E-state index < -0.39 is 66.3 Å². The molecule has 1 aliphatic heterocycles. The number of benzene rings is 1. The fourth-order valence-corrected chi connectivity index (χ4v) is 3.44. The Hall–Kier alpha value is -4.37. The van der Waals surface area contributed by atoms with Crippen molar-refractivity contribution in [3.8, 4) is 11.9 Å². The molecule has 2 heterocycles. The maximum atomic E-state index is 14.4. The van der Waals surface area contributed by atoms with Crippen LogP contribution in [-0.4, -0.2) is 71.7 Å². The summed E-state index contributed by atoms with van der Waals surface area (Å²) in [5.74, 6) is -5.53. The quantitative estimate of drug-likeness (QED) is 0.178. The third-order valence-electron chi connectivity index (χ3n) is 4.96. The van der Waals surface area contributed by atoms with Crippen LogP contribution < -0.4 is 9.62 Å². The van der Waals surface area contributed by atoms with Gasteiger partial charge in [0.1, 0.15) is 6.61 Å². The van der Waals surface area contributed by atoms with E-state index in [1.807, 2.05) is 6.07 Å². The molecule has 0 N–H and O–H groups in total. The van der Waals surface area contributed by atoms with Gasteiger partial charge in [-0.05, 0) is 5.56 Å². The first-order valence-electron chi connectivity index (χ1n) is 11.4. The average molecular weight is 552 g/mol. The molecule has 39 heavy (non-hydrogen) atoms. The largest absolute Gasteiger partial charge is 0.467 e. The van der Waals surface area contributed by atoms with Crippen molar-refractivity contribution in [1.29, 1.82) is 0 Å². The Balaban J connectivity index is 1.85.